The van der Waals surface area contributed by atoms with E-state index in [0.29, 0.717) is 30.1 Å². The summed E-state index contributed by atoms with van der Waals surface area (Å²) < 4.78 is 18.2. The first kappa shape index (κ1) is 8.80. The zero-order valence-corrected chi connectivity index (χ0v) is 7.33. The Bertz CT molecular complexity index is 404. The SMILES string of the molecule is Nc1cc2c(cc1F)OCCC2=NO. The summed E-state index contributed by atoms with van der Waals surface area (Å²) in [5.74, 6) is -0.154. The minimum absolute atomic E-state index is 0.0235. The van der Waals surface area contributed by atoms with E-state index >= 15 is 0 Å². The van der Waals surface area contributed by atoms with Gasteiger partial charge in [-0.15, -0.1) is 0 Å². The van der Waals surface area contributed by atoms with Gasteiger partial charge in [0.15, 0.2) is 0 Å². The highest BCUT2D eigenvalue weighted by Crippen LogP contribution is 2.29. The largest absolute Gasteiger partial charge is 0.492 e. The Hall–Kier alpha value is -1.78. The summed E-state index contributed by atoms with van der Waals surface area (Å²) in [4.78, 5) is 0. The van der Waals surface area contributed by atoms with E-state index in [-0.39, 0.29) is 5.69 Å². The second-order valence-corrected chi connectivity index (χ2v) is 3.02. The summed E-state index contributed by atoms with van der Waals surface area (Å²) in [6.07, 6.45) is 0.495. The molecular weight excluding hydrogens is 187 g/mol. The molecule has 0 amide bonds. The van der Waals surface area contributed by atoms with E-state index in [9.17, 15) is 4.39 Å². The molecular formula is C9H9FN2O2. The van der Waals surface area contributed by atoms with Crippen LogP contribution in [0.4, 0.5) is 10.1 Å². The zero-order valence-electron chi connectivity index (χ0n) is 7.33. The molecule has 14 heavy (non-hydrogen) atoms. The van der Waals surface area contributed by atoms with Crippen LogP contribution in [0.15, 0.2) is 17.3 Å². The molecule has 74 valence electrons. The molecule has 0 saturated carbocycles. The van der Waals surface area contributed by atoms with Gasteiger partial charge in [0.05, 0.1) is 18.0 Å². The van der Waals surface area contributed by atoms with E-state index in [1.54, 1.807) is 0 Å². The van der Waals surface area contributed by atoms with E-state index in [1.807, 2.05) is 0 Å². The number of fused-ring (bicyclic) bond motifs is 1. The van der Waals surface area contributed by atoms with Gasteiger partial charge in [-0.25, -0.2) is 4.39 Å². The number of nitrogens with zero attached hydrogens (tertiary/aromatic N) is 1. The van der Waals surface area contributed by atoms with Gasteiger partial charge in [-0.3, -0.25) is 0 Å². The van der Waals surface area contributed by atoms with Gasteiger partial charge in [-0.2, -0.15) is 0 Å². The highest BCUT2D eigenvalue weighted by molar-refractivity contribution is 6.04. The van der Waals surface area contributed by atoms with Gasteiger partial charge in [0, 0.05) is 18.1 Å². The average Bonchev–Trinajstić information content (AvgIpc) is 2.19. The molecule has 0 unspecified atom stereocenters. The lowest BCUT2D eigenvalue weighted by Crippen LogP contribution is -2.17. The molecule has 0 fully saturated rings. The van der Waals surface area contributed by atoms with Crippen molar-refractivity contribution in [1.82, 2.24) is 0 Å². The monoisotopic (exact) mass is 196 g/mol. The van der Waals surface area contributed by atoms with Crippen molar-refractivity contribution < 1.29 is 14.3 Å². The topological polar surface area (TPSA) is 67.8 Å². The van der Waals surface area contributed by atoms with Crippen LogP contribution in [0.1, 0.15) is 12.0 Å². The molecule has 1 heterocycles. The van der Waals surface area contributed by atoms with Crippen LogP contribution in [0.3, 0.4) is 0 Å². The minimum Gasteiger partial charge on any atom is -0.492 e. The number of hydrogen-bond donors (Lipinski definition) is 2. The van der Waals surface area contributed by atoms with E-state index in [0.717, 1.165) is 0 Å². The Morgan fingerprint density at radius 2 is 2.29 bits per heavy atom. The van der Waals surface area contributed by atoms with Crippen LogP contribution in [-0.2, 0) is 0 Å². The molecule has 0 spiro atoms. The maximum Gasteiger partial charge on any atom is 0.149 e. The number of ether oxygens (including phenoxy) is 1. The standard InChI is InChI=1S/C9H9FN2O2/c10-6-4-9-5(3-7(6)11)8(12-13)1-2-14-9/h3-4,13H,1-2,11H2. The maximum atomic E-state index is 13.0. The quantitative estimate of drug-likeness (QED) is 0.374. The predicted molar refractivity (Wildman–Crippen MR) is 49.2 cm³/mol. The molecule has 4 nitrogen and oxygen atoms in total. The summed E-state index contributed by atoms with van der Waals surface area (Å²) in [7, 11) is 0. The lowest BCUT2D eigenvalue weighted by molar-refractivity contribution is 0.297. The van der Waals surface area contributed by atoms with Crippen LogP contribution in [-0.4, -0.2) is 17.5 Å². The number of hydrogen-bond acceptors (Lipinski definition) is 4. The van der Waals surface area contributed by atoms with Crippen molar-refractivity contribution in [1.29, 1.82) is 0 Å². The van der Waals surface area contributed by atoms with Crippen LogP contribution in [0, 0.1) is 5.82 Å². The summed E-state index contributed by atoms with van der Waals surface area (Å²) in [6.45, 7) is 0.385. The van der Waals surface area contributed by atoms with Crippen LogP contribution in [0.5, 0.6) is 5.75 Å². The minimum atomic E-state index is -0.525. The smallest absolute Gasteiger partial charge is 0.149 e. The van der Waals surface area contributed by atoms with Gasteiger partial charge in [0.2, 0.25) is 0 Å². The van der Waals surface area contributed by atoms with Gasteiger partial charge in [-0.1, -0.05) is 5.16 Å². The Balaban J connectivity index is 2.58. The molecule has 1 aliphatic heterocycles. The average molecular weight is 196 g/mol. The highest BCUT2D eigenvalue weighted by Gasteiger charge is 2.19. The van der Waals surface area contributed by atoms with Crippen LogP contribution in [0.25, 0.3) is 0 Å². The van der Waals surface area contributed by atoms with Crippen molar-refractivity contribution in [2.45, 2.75) is 6.42 Å². The number of anilines is 1. The van der Waals surface area contributed by atoms with Crippen molar-refractivity contribution in [3.05, 3.63) is 23.5 Å². The Kier molecular flexibility index (Phi) is 1.99. The van der Waals surface area contributed by atoms with Crippen molar-refractivity contribution >= 4 is 11.4 Å². The molecule has 0 aromatic heterocycles. The summed E-state index contributed by atoms with van der Waals surface area (Å²) in [5, 5.41) is 11.8. The van der Waals surface area contributed by atoms with Gasteiger partial charge < -0.3 is 15.7 Å². The Morgan fingerprint density at radius 3 is 3.00 bits per heavy atom. The van der Waals surface area contributed by atoms with E-state index < -0.39 is 5.82 Å². The molecule has 3 N–H and O–H groups in total. The summed E-state index contributed by atoms with van der Waals surface area (Å²) >= 11 is 0. The Morgan fingerprint density at radius 1 is 1.50 bits per heavy atom. The first-order valence-corrected chi connectivity index (χ1v) is 4.15. The summed E-state index contributed by atoms with van der Waals surface area (Å²) in [5.41, 5.74) is 6.44. The highest BCUT2D eigenvalue weighted by atomic mass is 19.1. The molecule has 1 aliphatic rings. The second-order valence-electron chi connectivity index (χ2n) is 3.02. The zero-order chi connectivity index (χ0) is 10.1. The molecule has 0 aliphatic carbocycles. The third-order valence-corrected chi connectivity index (χ3v) is 2.13. The van der Waals surface area contributed by atoms with Gasteiger partial charge in [-0.05, 0) is 6.07 Å². The number of nitrogens with two attached hydrogens (primary N) is 1. The molecule has 0 saturated heterocycles. The van der Waals surface area contributed by atoms with Crippen molar-refractivity contribution in [2.24, 2.45) is 5.16 Å². The van der Waals surface area contributed by atoms with Crippen LogP contribution >= 0.6 is 0 Å². The number of oxime groups is 1. The first-order valence-electron chi connectivity index (χ1n) is 4.15. The van der Waals surface area contributed by atoms with Gasteiger partial charge in [0.1, 0.15) is 11.6 Å². The molecule has 2 rings (SSSR count). The lowest BCUT2D eigenvalue weighted by Gasteiger charge is -2.18. The van der Waals surface area contributed by atoms with Gasteiger partial charge in [0.25, 0.3) is 0 Å². The predicted octanol–water partition coefficient (Wildman–Crippen LogP) is 1.37. The molecule has 0 bridgehead atoms. The van der Waals surface area contributed by atoms with Crippen LogP contribution < -0.4 is 10.5 Å². The van der Waals surface area contributed by atoms with Gasteiger partial charge >= 0.3 is 0 Å². The first-order chi connectivity index (χ1) is 6.72. The fraction of sp³-hybridized carbons (Fsp3) is 0.222. The number of rotatable bonds is 0. The third-order valence-electron chi connectivity index (χ3n) is 2.13. The van der Waals surface area contributed by atoms with Crippen molar-refractivity contribution in [3.63, 3.8) is 0 Å². The number of nitrogen functional groups attached to an aromatic ring is 1. The Labute approximate surface area is 79.8 Å². The fourth-order valence-corrected chi connectivity index (χ4v) is 1.41. The molecule has 5 heteroatoms. The maximum absolute atomic E-state index is 13.0. The summed E-state index contributed by atoms with van der Waals surface area (Å²) in [6, 6.07) is 2.62. The molecule has 1 aromatic carbocycles. The number of halogens is 1. The molecule has 0 atom stereocenters. The molecule has 0 radical (unpaired) electrons. The second kappa shape index (κ2) is 3.17. The lowest BCUT2D eigenvalue weighted by atomic mass is 10.0. The van der Waals surface area contributed by atoms with Crippen LogP contribution in [0.2, 0.25) is 0 Å². The van der Waals surface area contributed by atoms with Crippen molar-refractivity contribution in [3.8, 4) is 5.75 Å². The van der Waals surface area contributed by atoms with Crippen molar-refractivity contribution in [2.75, 3.05) is 12.3 Å². The normalized spacial score (nSPS) is 17.6. The third kappa shape index (κ3) is 1.26. The fourth-order valence-electron chi connectivity index (χ4n) is 1.41. The number of benzene rings is 1. The van der Waals surface area contributed by atoms with E-state index in [4.69, 9.17) is 15.7 Å². The molecule has 1 aromatic rings. The van der Waals surface area contributed by atoms with E-state index in [1.165, 1.54) is 12.1 Å². The van der Waals surface area contributed by atoms with E-state index in [2.05, 4.69) is 5.16 Å².